The van der Waals surface area contributed by atoms with Gasteiger partial charge >= 0.3 is 0 Å². The summed E-state index contributed by atoms with van der Waals surface area (Å²) in [7, 11) is 0. The molecular formula is C15H18FN3. The Balaban J connectivity index is 2.56. The summed E-state index contributed by atoms with van der Waals surface area (Å²) in [5.41, 5.74) is 10.8. The van der Waals surface area contributed by atoms with Crippen molar-refractivity contribution in [3.63, 3.8) is 0 Å². The van der Waals surface area contributed by atoms with Gasteiger partial charge in [0.25, 0.3) is 0 Å². The standard InChI is InChI=1S/C15H18FN3/c1-8-5-9(2)14(13(16)6-8)15(17)12-7-10(3)18-19-11(12)4/h5-7,15H,17H2,1-4H3. The average Bonchev–Trinajstić information content (AvgIpc) is 2.30. The number of hydrogen-bond donors (Lipinski definition) is 1. The van der Waals surface area contributed by atoms with Crippen molar-refractivity contribution >= 4 is 0 Å². The van der Waals surface area contributed by atoms with Gasteiger partial charge in [-0.2, -0.15) is 10.2 Å². The molecule has 2 aromatic rings. The van der Waals surface area contributed by atoms with E-state index in [0.717, 1.165) is 28.1 Å². The summed E-state index contributed by atoms with van der Waals surface area (Å²) >= 11 is 0. The molecule has 1 aromatic carbocycles. The van der Waals surface area contributed by atoms with E-state index in [0.29, 0.717) is 5.56 Å². The molecule has 2 N–H and O–H groups in total. The van der Waals surface area contributed by atoms with E-state index < -0.39 is 6.04 Å². The van der Waals surface area contributed by atoms with E-state index in [1.165, 1.54) is 6.07 Å². The molecule has 1 heterocycles. The number of hydrogen-bond acceptors (Lipinski definition) is 3. The first-order valence-corrected chi connectivity index (χ1v) is 6.23. The van der Waals surface area contributed by atoms with Crippen LogP contribution in [0.2, 0.25) is 0 Å². The summed E-state index contributed by atoms with van der Waals surface area (Å²) in [5, 5.41) is 8.02. The number of aryl methyl sites for hydroxylation is 4. The zero-order valence-corrected chi connectivity index (χ0v) is 11.7. The highest BCUT2D eigenvalue weighted by Gasteiger charge is 2.19. The van der Waals surface area contributed by atoms with Crippen molar-refractivity contribution in [1.82, 2.24) is 10.2 Å². The normalized spacial score (nSPS) is 12.5. The molecule has 3 nitrogen and oxygen atoms in total. The van der Waals surface area contributed by atoms with Gasteiger partial charge in [0.15, 0.2) is 0 Å². The molecular weight excluding hydrogens is 241 g/mol. The SMILES string of the molecule is Cc1cc(C)c(C(N)c2cc(C)nnc2C)c(F)c1. The van der Waals surface area contributed by atoms with Crippen LogP contribution in [-0.4, -0.2) is 10.2 Å². The lowest BCUT2D eigenvalue weighted by Gasteiger charge is -2.18. The molecule has 0 saturated heterocycles. The van der Waals surface area contributed by atoms with Crippen molar-refractivity contribution in [3.8, 4) is 0 Å². The summed E-state index contributed by atoms with van der Waals surface area (Å²) in [5.74, 6) is -0.265. The molecule has 1 unspecified atom stereocenters. The van der Waals surface area contributed by atoms with Gasteiger partial charge in [-0.15, -0.1) is 0 Å². The molecule has 0 spiro atoms. The van der Waals surface area contributed by atoms with E-state index in [2.05, 4.69) is 10.2 Å². The molecule has 0 amide bonds. The second-order valence-electron chi connectivity index (χ2n) is 4.98. The van der Waals surface area contributed by atoms with Crippen LogP contribution in [-0.2, 0) is 0 Å². The molecule has 4 heteroatoms. The first kappa shape index (κ1) is 13.6. The number of aromatic nitrogens is 2. The average molecular weight is 259 g/mol. The van der Waals surface area contributed by atoms with Gasteiger partial charge in [0.05, 0.1) is 17.4 Å². The largest absolute Gasteiger partial charge is 0.320 e. The third-order valence-electron chi connectivity index (χ3n) is 3.27. The third kappa shape index (κ3) is 2.63. The Labute approximate surface area is 112 Å². The van der Waals surface area contributed by atoms with Gasteiger partial charge < -0.3 is 5.73 Å². The van der Waals surface area contributed by atoms with Crippen LogP contribution >= 0.6 is 0 Å². The van der Waals surface area contributed by atoms with Crippen LogP contribution in [0.3, 0.4) is 0 Å². The van der Waals surface area contributed by atoms with Crippen LogP contribution in [0.15, 0.2) is 18.2 Å². The van der Waals surface area contributed by atoms with Crippen LogP contribution in [0, 0.1) is 33.5 Å². The molecule has 100 valence electrons. The minimum atomic E-state index is -0.519. The maximum atomic E-state index is 14.2. The van der Waals surface area contributed by atoms with Gasteiger partial charge in [-0.1, -0.05) is 6.07 Å². The van der Waals surface area contributed by atoms with Gasteiger partial charge in [-0.3, -0.25) is 0 Å². The van der Waals surface area contributed by atoms with Gasteiger partial charge in [0, 0.05) is 5.56 Å². The Hall–Kier alpha value is -1.81. The molecule has 2 rings (SSSR count). The van der Waals surface area contributed by atoms with Crippen molar-refractivity contribution in [2.75, 3.05) is 0 Å². The van der Waals surface area contributed by atoms with Crippen LogP contribution in [0.1, 0.15) is 39.7 Å². The molecule has 0 fully saturated rings. The smallest absolute Gasteiger partial charge is 0.128 e. The Morgan fingerprint density at radius 3 is 2.37 bits per heavy atom. The van der Waals surface area contributed by atoms with E-state index in [-0.39, 0.29) is 5.82 Å². The molecule has 1 atom stereocenters. The number of halogens is 1. The molecule has 0 bridgehead atoms. The maximum absolute atomic E-state index is 14.2. The fourth-order valence-corrected chi connectivity index (χ4v) is 2.36. The molecule has 0 aliphatic carbocycles. The fourth-order valence-electron chi connectivity index (χ4n) is 2.36. The molecule has 0 radical (unpaired) electrons. The highest BCUT2D eigenvalue weighted by Crippen LogP contribution is 2.27. The van der Waals surface area contributed by atoms with Gasteiger partial charge in [0.1, 0.15) is 5.82 Å². The second kappa shape index (κ2) is 5.05. The third-order valence-corrected chi connectivity index (χ3v) is 3.27. The summed E-state index contributed by atoms with van der Waals surface area (Å²) in [6, 6.07) is 4.80. The minimum Gasteiger partial charge on any atom is -0.320 e. The number of nitrogens with zero attached hydrogens (tertiary/aromatic N) is 2. The lowest BCUT2D eigenvalue weighted by atomic mass is 9.93. The molecule has 1 aromatic heterocycles. The maximum Gasteiger partial charge on any atom is 0.128 e. The lowest BCUT2D eigenvalue weighted by molar-refractivity contribution is 0.594. The zero-order valence-electron chi connectivity index (χ0n) is 11.7. The molecule has 19 heavy (non-hydrogen) atoms. The quantitative estimate of drug-likeness (QED) is 0.902. The van der Waals surface area contributed by atoms with Crippen molar-refractivity contribution in [3.05, 3.63) is 57.7 Å². The first-order chi connectivity index (χ1) is 8.90. The number of benzene rings is 1. The van der Waals surface area contributed by atoms with Crippen LogP contribution in [0.25, 0.3) is 0 Å². The van der Waals surface area contributed by atoms with Gasteiger partial charge in [-0.05, 0) is 56.5 Å². The lowest BCUT2D eigenvalue weighted by Crippen LogP contribution is -2.18. The molecule has 0 aliphatic rings. The van der Waals surface area contributed by atoms with E-state index in [1.54, 1.807) is 0 Å². The van der Waals surface area contributed by atoms with Crippen molar-refractivity contribution in [2.24, 2.45) is 5.73 Å². The Kier molecular flexibility index (Phi) is 3.62. The first-order valence-electron chi connectivity index (χ1n) is 6.23. The zero-order chi connectivity index (χ0) is 14.2. The van der Waals surface area contributed by atoms with Crippen molar-refractivity contribution < 1.29 is 4.39 Å². The van der Waals surface area contributed by atoms with Gasteiger partial charge in [0.2, 0.25) is 0 Å². The minimum absolute atomic E-state index is 0.265. The number of nitrogens with two attached hydrogens (primary N) is 1. The van der Waals surface area contributed by atoms with E-state index >= 15 is 0 Å². The highest BCUT2D eigenvalue weighted by molar-refractivity contribution is 5.40. The number of rotatable bonds is 2. The second-order valence-corrected chi connectivity index (χ2v) is 4.98. The molecule has 0 aliphatic heterocycles. The summed E-state index contributed by atoms with van der Waals surface area (Å²) in [6.45, 7) is 7.43. The van der Waals surface area contributed by atoms with E-state index in [4.69, 9.17) is 5.73 Å². The van der Waals surface area contributed by atoms with Gasteiger partial charge in [-0.25, -0.2) is 4.39 Å². The van der Waals surface area contributed by atoms with Crippen molar-refractivity contribution in [2.45, 2.75) is 33.7 Å². The Morgan fingerprint density at radius 2 is 1.74 bits per heavy atom. The predicted molar refractivity (Wildman–Crippen MR) is 73.4 cm³/mol. The predicted octanol–water partition coefficient (Wildman–Crippen LogP) is 2.90. The summed E-state index contributed by atoms with van der Waals surface area (Å²) in [4.78, 5) is 0. The van der Waals surface area contributed by atoms with Crippen LogP contribution in [0.4, 0.5) is 4.39 Å². The molecule has 0 saturated carbocycles. The Morgan fingerprint density at radius 1 is 1.05 bits per heavy atom. The van der Waals surface area contributed by atoms with Crippen LogP contribution < -0.4 is 5.73 Å². The Bertz CT molecular complexity index is 600. The van der Waals surface area contributed by atoms with E-state index in [1.807, 2.05) is 39.8 Å². The fraction of sp³-hybridized carbons (Fsp3) is 0.333. The topological polar surface area (TPSA) is 51.8 Å². The monoisotopic (exact) mass is 259 g/mol. The summed E-state index contributed by atoms with van der Waals surface area (Å²) < 4.78 is 14.2. The highest BCUT2D eigenvalue weighted by atomic mass is 19.1. The van der Waals surface area contributed by atoms with E-state index in [9.17, 15) is 4.39 Å². The van der Waals surface area contributed by atoms with Crippen molar-refractivity contribution in [1.29, 1.82) is 0 Å². The van der Waals surface area contributed by atoms with Crippen LogP contribution in [0.5, 0.6) is 0 Å². The summed E-state index contributed by atoms with van der Waals surface area (Å²) in [6.07, 6.45) is 0.